The van der Waals surface area contributed by atoms with Gasteiger partial charge in [0.15, 0.2) is 0 Å². The van der Waals surface area contributed by atoms with Crippen molar-refractivity contribution in [2.45, 2.75) is 12.5 Å². The molecule has 5 nitrogen and oxygen atoms in total. The van der Waals surface area contributed by atoms with E-state index in [1.165, 1.54) is 7.11 Å². The van der Waals surface area contributed by atoms with Gasteiger partial charge in [-0.2, -0.15) is 0 Å². The molecule has 84 valence electrons. The lowest BCUT2D eigenvalue weighted by Gasteiger charge is -2.10. The van der Waals surface area contributed by atoms with Crippen LogP contribution in [-0.2, 0) is 18.2 Å². The largest absolute Gasteiger partial charge is 0.464 e. The molecular formula is C10H16N2O3. The molecule has 0 spiro atoms. The molecule has 3 N–H and O–H groups in total. The molecule has 1 rings (SSSR count). The van der Waals surface area contributed by atoms with Crippen LogP contribution in [0.2, 0.25) is 0 Å². The maximum Gasteiger partial charge on any atom is 0.354 e. The third kappa shape index (κ3) is 2.57. The molecule has 0 saturated carbocycles. The highest BCUT2D eigenvalue weighted by atomic mass is 16.5. The zero-order valence-electron chi connectivity index (χ0n) is 8.93. The molecule has 1 unspecified atom stereocenters. The maximum atomic E-state index is 11.3. The predicted octanol–water partition coefficient (Wildman–Crippen LogP) is -0.326. The van der Waals surface area contributed by atoms with Gasteiger partial charge in [-0.25, -0.2) is 4.79 Å². The number of carbonyl (C=O) groups is 1. The molecule has 1 heterocycles. The second-order valence-electron chi connectivity index (χ2n) is 3.41. The zero-order chi connectivity index (χ0) is 11.4. The lowest BCUT2D eigenvalue weighted by atomic mass is 10.2. The molecule has 0 aromatic carbocycles. The normalized spacial score (nSPS) is 12.5. The Morgan fingerprint density at radius 2 is 2.33 bits per heavy atom. The highest BCUT2D eigenvalue weighted by Crippen LogP contribution is 2.10. The van der Waals surface area contributed by atoms with E-state index < -0.39 is 0 Å². The van der Waals surface area contributed by atoms with E-state index in [-0.39, 0.29) is 18.6 Å². The maximum absolute atomic E-state index is 11.3. The summed E-state index contributed by atoms with van der Waals surface area (Å²) in [5.74, 6) is -0.374. The molecule has 1 aromatic heterocycles. The average molecular weight is 212 g/mol. The smallest absolute Gasteiger partial charge is 0.354 e. The molecule has 0 radical (unpaired) electrons. The first-order valence-electron chi connectivity index (χ1n) is 4.69. The van der Waals surface area contributed by atoms with Crippen molar-refractivity contribution in [3.8, 4) is 0 Å². The van der Waals surface area contributed by atoms with Crippen LogP contribution in [0.3, 0.4) is 0 Å². The van der Waals surface area contributed by atoms with Crippen LogP contribution in [0.5, 0.6) is 0 Å². The van der Waals surface area contributed by atoms with Gasteiger partial charge in [-0.3, -0.25) is 0 Å². The number of carbonyl (C=O) groups excluding carboxylic acids is 1. The minimum Gasteiger partial charge on any atom is -0.464 e. The summed E-state index contributed by atoms with van der Waals surface area (Å²) in [6.45, 7) is -0.0707. The van der Waals surface area contributed by atoms with Gasteiger partial charge in [0.1, 0.15) is 5.69 Å². The van der Waals surface area contributed by atoms with E-state index in [4.69, 9.17) is 10.8 Å². The molecule has 0 bridgehead atoms. The van der Waals surface area contributed by atoms with E-state index in [2.05, 4.69) is 4.74 Å². The Kier molecular flexibility index (Phi) is 3.88. The molecule has 1 aromatic rings. The van der Waals surface area contributed by atoms with Gasteiger partial charge in [0.05, 0.1) is 13.7 Å². The van der Waals surface area contributed by atoms with Gasteiger partial charge in [-0.1, -0.05) is 0 Å². The zero-order valence-corrected chi connectivity index (χ0v) is 8.93. The number of esters is 1. The number of nitrogens with two attached hydrogens (primary N) is 1. The summed E-state index contributed by atoms with van der Waals surface area (Å²) in [5.41, 5.74) is 7.00. The topological polar surface area (TPSA) is 77.5 Å². The number of ether oxygens (including phenoxy) is 1. The van der Waals surface area contributed by atoms with Gasteiger partial charge in [-0.05, 0) is 12.1 Å². The number of rotatable bonds is 4. The summed E-state index contributed by atoms with van der Waals surface area (Å²) in [5, 5.41) is 8.82. The van der Waals surface area contributed by atoms with Gasteiger partial charge in [-0.15, -0.1) is 0 Å². The highest BCUT2D eigenvalue weighted by Gasteiger charge is 2.13. The van der Waals surface area contributed by atoms with Crippen LogP contribution in [0.25, 0.3) is 0 Å². The van der Waals surface area contributed by atoms with Crippen molar-refractivity contribution in [3.05, 3.63) is 23.5 Å². The van der Waals surface area contributed by atoms with E-state index in [0.717, 1.165) is 5.69 Å². The third-order valence-electron chi connectivity index (χ3n) is 2.33. The fourth-order valence-electron chi connectivity index (χ4n) is 1.40. The van der Waals surface area contributed by atoms with Crippen LogP contribution < -0.4 is 5.73 Å². The molecule has 0 aliphatic rings. The molecular weight excluding hydrogens is 196 g/mol. The highest BCUT2D eigenvalue weighted by molar-refractivity contribution is 5.87. The van der Waals surface area contributed by atoms with Crippen LogP contribution in [-0.4, -0.2) is 35.4 Å². The molecule has 1 atom stereocenters. The van der Waals surface area contributed by atoms with Crippen LogP contribution in [0.1, 0.15) is 16.2 Å². The van der Waals surface area contributed by atoms with Crippen molar-refractivity contribution < 1.29 is 14.6 Å². The minimum absolute atomic E-state index is 0.0707. The Morgan fingerprint density at radius 3 is 2.87 bits per heavy atom. The van der Waals surface area contributed by atoms with Crippen LogP contribution in [0, 0.1) is 0 Å². The first-order valence-corrected chi connectivity index (χ1v) is 4.69. The summed E-state index contributed by atoms with van der Waals surface area (Å²) in [6, 6.07) is 3.19. The summed E-state index contributed by atoms with van der Waals surface area (Å²) in [6.07, 6.45) is 0.532. The summed E-state index contributed by atoms with van der Waals surface area (Å²) < 4.78 is 6.34. The van der Waals surface area contributed by atoms with Crippen molar-refractivity contribution in [1.29, 1.82) is 0 Å². The Hall–Kier alpha value is -1.33. The van der Waals surface area contributed by atoms with Gasteiger partial charge >= 0.3 is 5.97 Å². The number of aliphatic hydroxyl groups excluding tert-OH is 1. The van der Waals surface area contributed by atoms with E-state index in [9.17, 15) is 4.79 Å². The van der Waals surface area contributed by atoms with Crippen LogP contribution in [0.4, 0.5) is 0 Å². The third-order valence-corrected chi connectivity index (χ3v) is 2.33. The van der Waals surface area contributed by atoms with Crippen molar-refractivity contribution in [3.63, 3.8) is 0 Å². The monoisotopic (exact) mass is 212 g/mol. The number of aromatic nitrogens is 1. The first-order chi connectivity index (χ1) is 7.10. The fraction of sp³-hybridized carbons (Fsp3) is 0.500. The predicted molar refractivity (Wildman–Crippen MR) is 55.5 cm³/mol. The van der Waals surface area contributed by atoms with Crippen molar-refractivity contribution >= 4 is 5.97 Å². The summed E-state index contributed by atoms with van der Waals surface area (Å²) in [4.78, 5) is 11.3. The number of hydrogen-bond donors (Lipinski definition) is 2. The number of nitrogens with zero attached hydrogens (tertiary/aromatic N) is 1. The minimum atomic E-state index is -0.374. The first kappa shape index (κ1) is 11.7. The summed E-state index contributed by atoms with van der Waals surface area (Å²) in [7, 11) is 3.11. The molecule has 0 saturated heterocycles. The second kappa shape index (κ2) is 4.95. The Morgan fingerprint density at radius 1 is 1.67 bits per heavy atom. The Bertz CT molecular complexity index is 346. The molecule has 0 aliphatic carbocycles. The second-order valence-corrected chi connectivity index (χ2v) is 3.41. The average Bonchev–Trinajstić information content (AvgIpc) is 2.59. The van der Waals surface area contributed by atoms with E-state index in [1.54, 1.807) is 17.7 Å². The van der Waals surface area contributed by atoms with E-state index in [0.29, 0.717) is 12.1 Å². The van der Waals surface area contributed by atoms with Crippen molar-refractivity contribution in [2.75, 3.05) is 13.7 Å². The Balaban J connectivity index is 2.84. The van der Waals surface area contributed by atoms with Gasteiger partial charge < -0.3 is 20.1 Å². The molecule has 0 amide bonds. The van der Waals surface area contributed by atoms with Crippen LogP contribution >= 0.6 is 0 Å². The number of hydrogen-bond acceptors (Lipinski definition) is 4. The number of aliphatic hydroxyl groups is 1. The quantitative estimate of drug-likeness (QED) is 0.670. The summed E-state index contributed by atoms with van der Waals surface area (Å²) >= 11 is 0. The van der Waals surface area contributed by atoms with Crippen molar-refractivity contribution in [1.82, 2.24) is 4.57 Å². The van der Waals surface area contributed by atoms with Gasteiger partial charge in [0.25, 0.3) is 0 Å². The molecule has 0 aliphatic heterocycles. The standard InChI is InChI=1S/C10H16N2O3/c1-12-8(5-7(11)6-13)3-4-9(12)10(14)15-2/h3-4,7,13H,5-6,11H2,1-2H3. The SMILES string of the molecule is COC(=O)c1ccc(CC(N)CO)n1C. The molecule has 5 heteroatoms. The van der Waals surface area contributed by atoms with E-state index >= 15 is 0 Å². The molecule has 15 heavy (non-hydrogen) atoms. The Labute approximate surface area is 88.4 Å². The lowest BCUT2D eigenvalue weighted by molar-refractivity contribution is 0.0589. The van der Waals surface area contributed by atoms with Gasteiger partial charge in [0, 0.05) is 25.2 Å². The van der Waals surface area contributed by atoms with E-state index in [1.807, 2.05) is 6.07 Å². The fourth-order valence-corrected chi connectivity index (χ4v) is 1.40. The lowest BCUT2D eigenvalue weighted by Crippen LogP contribution is -2.28. The van der Waals surface area contributed by atoms with Crippen LogP contribution in [0.15, 0.2) is 12.1 Å². The number of methoxy groups -OCH3 is 1. The molecule has 0 fully saturated rings. The van der Waals surface area contributed by atoms with Crippen molar-refractivity contribution in [2.24, 2.45) is 12.8 Å². The van der Waals surface area contributed by atoms with Gasteiger partial charge in [0.2, 0.25) is 0 Å².